The number of aromatic nitrogens is 2. The Morgan fingerprint density at radius 3 is 2.88 bits per heavy atom. The van der Waals surface area contributed by atoms with Gasteiger partial charge in [-0.25, -0.2) is 4.79 Å². The van der Waals surface area contributed by atoms with Crippen LogP contribution in [0.5, 0.6) is 5.88 Å². The van der Waals surface area contributed by atoms with Crippen LogP contribution in [0.4, 0.5) is 4.79 Å². The number of aromatic hydroxyl groups is 1. The summed E-state index contributed by atoms with van der Waals surface area (Å²) < 4.78 is 4.49. The van der Waals surface area contributed by atoms with Gasteiger partial charge in [-0.3, -0.25) is 9.78 Å². The highest BCUT2D eigenvalue weighted by Gasteiger charge is 2.05. The van der Waals surface area contributed by atoms with Crippen LogP contribution in [0.25, 0.3) is 0 Å². The van der Waals surface area contributed by atoms with E-state index in [4.69, 9.17) is 0 Å². The molecule has 1 rings (SSSR count). The molecule has 7 nitrogen and oxygen atoms in total. The second-order valence-corrected chi connectivity index (χ2v) is 3.04. The highest BCUT2D eigenvalue weighted by Crippen LogP contribution is 2.03. The quantitative estimate of drug-likeness (QED) is 0.523. The van der Waals surface area contributed by atoms with Gasteiger partial charge in [-0.05, 0) is 19.1 Å². The van der Waals surface area contributed by atoms with Crippen LogP contribution in [0, 0.1) is 4.77 Å². The Balaban J connectivity index is 3.03. The maximum absolute atomic E-state index is 11.3. The first-order chi connectivity index (χ1) is 7.54. The molecule has 1 amide bonds. The maximum atomic E-state index is 11.3. The first-order valence-corrected chi connectivity index (χ1v) is 4.71. The lowest BCUT2D eigenvalue weighted by atomic mass is 10.3. The van der Waals surface area contributed by atoms with E-state index in [0.29, 0.717) is 0 Å². The molecule has 16 heavy (non-hydrogen) atoms. The number of H-pyrrole nitrogens is 2. The van der Waals surface area contributed by atoms with E-state index in [-0.39, 0.29) is 16.9 Å². The van der Waals surface area contributed by atoms with Gasteiger partial charge in [-0.15, -0.1) is 0 Å². The van der Waals surface area contributed by atoms with Crippen LogP contribution in [-0.2, 0) is 4.74 Å². The van der Waals surface area contributed by atoms with Crippen LogP contribution in [0.3, 0.4) is 0 Å². The van der Waals surface area contributed by atoms with Gasteiger partial charge in [-0.1, -0.05) is 0 Å². The van der Waals surface area contributed by atoms with Gasteiger partial charge < -0.3 is 14.8 Å². The van der Waals surface area contributed by atoms with Crippen LogP contribution < -0.4 is 5.56 Å². The Labute approximate surface area is 94.8 Å². The van der Waals surface area contributed by atoms with Crippen molar-refractivity contribution in [3.8, 4) is 5.88 Å². The van der Waals surface area contributed by atoms with Crippen LogP contribution in [0.2, 0.25) is 0 Å². The summed E-state index contributed by atoms with van der Waals surface area (Å²) in [5, 5.41) is 9.33. The van der Waals surface area contributed by atoms with Gasteiger partial charge in [0.15, 0.2) is 4.77 Å². The fraction of sp³-hybridized carbons (Fsp3) is 0.250. The van der Waals surface area contributed by atoms with E-state index in [9.17, 15) is 14.7 Å². The van der Waals surface area contributed by atoms with Gasteiger partial charge in [0.25, 0.3) is 5.56 Å². The number of rotatable bonds is 2. The Kier molecular flexibility index (Phi) is 3.95. The third-order valence-electron chi connectivity index (χ3n) is 1.53. The molecule has 0 fully saturated rings. The number of hydrogen-bond acceptors (Lipinski definition) is 5. The molecule has 0 saturated heterocycles. The molecular weight excluding hydrogens is 234 g/mol. The minimum atomic E-state index is -0.844. The van der Waals surface area contributed by atoms with Crippen LogP contribution in [-0.4, -0.2) is 34.0 Å². The molecule has 1 aromatic rings. The number of aromatic amines is 2. The Morgan fingerprint density at radius 2 is 2.31 bits per heavy atom. The van der Waals surface area contributed by atoms with Crippen molar-refractivity contribution in [1.82, 2.24) is 9.97 Å². The zero-order valence-electron chi connectivity index (χ0n) is 8.31. The predicted octanol–water partition coefficient (Wildman–Crippen LogP) is 0.713. The van der Waals surface area contributed by atoms with E-state index in [1.807, 2.05) is 0 Å². The van der Waals surface area contributed by atoms with Crippen molar-refractivity contribution in [1.29, 1.82) is 0 Å². The number of hydrogen-bond donors (Lipinski definition) is 3. The second-order valence-electron chi connectivity index (χ2n) is 2.63. The molecule has 1 aromatic heterocycles. The van der Waals surface area contributed by atoms with Gasteiger partial charge >= 0.3 is 6.09 Å². The summed E-state index contributed by atoms with van der Waals surface area (Å²) in [6, 6.07) is 0. The summed E-state index contributed by atoms with van der Waals surface area (Å²) in [6.45, 7) is 1.80. The molecular formula is C8H9N3O4S. The van der Waals surface area contributed by atoms with Gasteiger partial charge in [0.05, 0.1) is 12.8 Å². The van der Waals surface area contributed by atoms with E-state index in [1.54, 1.807) is 6.92 Å². The molecule has 0 aliphatic heterocycles. The number of carbonyl (C=O) groups excluding carboxylic acids is 1. The van der Waals surface area contributed by atoms with Crippen molar-refractivity contribution in [3.05, 3.63) is 20.7 Å². The fourth-order valence-electron chi connectivity index (χ4n) is 0.882. The van der Waals surface area contributed by atoms with Crippen LogP contribution in [0.15, 0.2) is 9.79 Å². The lowest BCUT2D eigenvalue weighted by Gasteiger charge is -1.97. The van der Waals surface area contributed by atoms with E-state index in [1.165, 1.54) is 0 Å². The molecule has 0 radical (unpaired) electrons. The van der Waals surface area contributed by atoms with Crippen LogP contribution >= 0.6 is 12.2 Å². The Morgan fingerprint density at radius 1 is 1.62 bits per heavy atom. The van der Waals surface area contributed by atoms with Crippen molar-refractivity contribution >= 4 is 24.5 Å². The molecule has 0 atom stereocenters. The zero-order chi connectivity index (χ0) is 12.1. The SMILES string of the molecule is CCOC(=O)/N=C/c1c(O)[nH]c(=S)[nH]c1=O. The minimum Gasteiger partial charge on any atom is -0.494 e. The van der Waals surface area contributed by atoms with E-state index >= 15 is 0 Å². The molecule has 86 valence electrons. The standard InChI is InChI=1S/C8H9N3O4S/c1-2-15-8(14)9-3-4-5(12)10-7(16)11-6(4)13/h3H,2H2,1H3,(H3,10,11,12,13,16)/b9-3+. The molecule has 0 bridgehead atoms. The smallest absolute Gasteiger partial charge is 0.433 e. The maximum Gasteiger partial charge on any atom is 0.433 e. The van der Waals surface area contributed by atoms with Crippen molar-refractivity contribution in [3.63, 3.8) is 0 Å². The molecule has 0 unspecified atom stereocenters. The predicted molar refractivity (Wildman–Crippen MR) is 58.5 cm³/mol. The summed E-state index contributed by atoms with van der Waals surface area (Å²) in [6.07, 6.45) is 0.0565. The summed E-state index contributed by atoms with van der Waals surface area (Å²) in [5.74, 6) is -0.457. The highest BCUT2D eigenvalue weighted by molar-refractivity contribution is 7.71. The number of amides is 1. The topological polar surface area (TPSA) is 108 Å². The Hall–Kier alpha value is -1.96. The van der Waals surface area contributed by atoms with Gasteiger partial charge in [0, 0.05) is 0 Å². The molecule has 0 aliphatic rings. The normalized spacial score (nSPS) is 10.6. The number of aliphatic imine (C=N–C) groups is 1. The first kappa shape index (κ1) is 12.1. The van der Waals surface area contributed by atoms with Crippen molar-refractivity contribution in [2.24, 2.45) is 4.99 Å². The third-order valence-corrected chi connectivity index (χ3v) is 1.73. The molecule has 8 heteroatoms. The minimum absolute atomic E-state index is 0.0178. The van der Waals surface area contributed by atoms with E-state index in [2.05, 4.69) is 31.9 Å². The number of nitrogens with zero attached hydrogens (tertiary/aromatic N) is 1. The third kappa shape index (κ3) is 3.02. The van der Waals surface area contributed by atoms with Crippen molar-refractivity contribution in [2.45, 2.75) is 6.92 Å². The fourth-order valence-corrected chi connectivity index (χ4v) is 1.07. The molecule has 0 spiro atoms. The Bertz CT molecular complexity index is 531. The molecule has 3 N–H and O–H groups in total. The van der Waals surface area contributed by atoms with Gasteiger partial charge in [-0.2, -0.15) is 4.99 Å². The van der Waals surface area contributed by atoms with Crippen LogP contribution in [0.1, 0.15) is 12.5 Å². The molecule has 0 saturated carbocycles. The zero-order valence-corrected chi connectivity index (χ0v) is 9.13. The van der Waals surface area contributed by atoms with Crippen molar-refractivity contribution < 1.29 is 14.6 Å². The van der Waals surface area contributed by atoms with Crippen molar-refractivity contribution in [2.75, 3.05) is 6.61 Å². The highest BCUT2D eigenvalue weighted by atomic mass is 32.1. The average molecular weight is 243 g/mol. The number of nitrogens with one attached hydrogen (secondary N) is 2. The van der Waals surface area contributed by atoms with Gasteiger partial charge in [0.1, 0.15) is 5.56 Å². The molecule has 0 aliphatic carbocycles. The largest absolute Gasteiger partial charge is 0.494 e. The second kappa shape index (κ2) is 5.21. The number of ether oxygens (including phenoxy) is 1. The monoisotopic (exact) mass is 243 g/mol. The molecule has 0 aromatic carbocycles. The lowest BCUT2D eigenvalue weighted by molar-refractivity contribution is 0.163. The molecule has 1 heterocycles. The lowest BCUT2D eigenvalue weighted by Crippen LogP contribution is -2.14. The first-order valence-electron chi connectivity index (χ1n) is 4.31. The average Bonchev–Trinajstić information content (AvgIpc) is 2.16. The summed E-state index contributed by atoms with van der Waals surface area (Å²) in [4.78, 5) is 30.0. The summed E-state index contributed by atoms with van der Waals surface area (Å²) >= 11 is 4.62. The van der Waals surface area contributed by atoms with E-state index in [0.717, 1.165) is 6.21 Å². The van der Waals surface area contributed by atoms with E-state index < -0.39 is 17.5 Å². The van der Waals surface area contributed by atoms with Gasteiger partial charge in [0.2, 0.25) is 5.88 Å². The summed E-state index contributed by atoms with van der Waals surface area (Å²) in [7, 11) is 0. The summed E-state index contributed by atoms with van der Waals surface area (Å²) in [5.41, 5.74) is -0.837. The number of carbonyl (C=O) groups is 1.